The lowest BCUT2D eigenvalue weighted by molar-refractivity contribution is -0.142. The van der Waals surface area contributed by atoms with Crippen molar-refractivity contribution in [3.63, 3.8) is 0 Å². The van der Waals surface area contributed by atoms with Gasteiger partial charge in [0.25, 0.3) is 0 Å². The zero-order valence-corrected chi connectivity index (χ0v) is 12.0. The topological polar surface area (TPSA) is 48.4 Å². The molecule has 0 saturated carbocycles. The first-order valence-corrected chi connectivity index (χ1v) is 6.96. The number of benzene rings is 1. The Bertz CT molecular complexity index is 612. The van der Waals surface area contributed by atoms with Crippen LogP contribution >= 0.6 is 11.3 Å². The molecule has 1 aromatic carbocycles. The van der Waals surface area contributed by atoms with E-state index in [1.54, 1.807) is 24.4 Å². The third-order valence-corrected chi connectivity index (χ3v) is 3.45. The summed E-state index contributed by atoms with van der Waals surface area (Å²) >= 11 is 1.35. The van der Waals surface area contributed by atoms with E-state index in [9.17, 15) is 9.18 Å². The van der Waals surface area contributed by atoms with Crippen molar-refractivity contribution in [1.82, 2.24) is 4.98 Å². The molecule has 2 rings (SSSR count). The molecule has 106 valence electrons. The lowest BCUT2D eigenvalue weighted by Gasteiger charge is -2.03. The van der Waals surface area contributed by atoms with E-state index in [-0.39, 0.29) is 18.1 Å². The lowest BCUT2D eigenvalue weighted by atomic mass is 10.1. The summed E-state index contributed by atoms with van der Waals surface area (Å²) < 4.78 is 23.4. The van der Waals surface area contributed by atoms with Gasteiger partial charge in [0, 0.05) is 10.9 Å². The highest BCUT2D eigenvalue weighted by Crippen LogP contribution is 2.26. The number of halogens is 1. The van der Waals surface area contributed by atoms with E-state index >= 15 is 0 Å². The molecule has 0 radical (unpaired) electrons. The zero-order chi connectivity index (χ0) is 14.5. The largest absolute Gasteiger partial charge is 0.494 e. The number of rotatable bonds is 5. The summed E-state index contributed by atoms with van der Waals surface area (Å²) in [6, 6.07) is 4.64. The van der Waals surface area contributed by atoms with E-state index in [2.05, 4.69) is 4.98 Å². The normalized spacial score (nSPS) is 10.3. The number of aromatic nitrogens is 1. The fourth-order valence-corrected chi connectivity index (χ4v) is 2.47. The van der Waals surface area contributed by atoms with Gasteiger partial charge in [-0.1, -0.05) is 0 Å². The summed E-state index contributed by atoms with van der Waals surface area (Å²) in [5.74, 6) is -0.560. The first kappa shape index (κ1) is 14.5. The number of methoxy groups -OCH3 is 1. The van der Waals surface area contributed by atoms with Crippen LogP contribution < -0.4 is 4.74 Å². The monoisotopic (exact) mass is 295 g/mol. The molecule has 0 aliphatic carbocycles. The summed E-state index contributed by atoms with van der Waals surface area (Å²) in [7, 11) is 1.42. The number of hydrogen-bond acceptors (Lipinski definition) is 5. The number of ether oxygens (including phenoxy) is 2. The van der Waals surface area contributed by atoms with Crippen LogP contribution in [0.2, 0.25) is 0 Å². The summed E-state index contributed by atoms with van der Waals surface area (Å²) in [5.41, 5.74) is 1.28. The predicted octanol–water partition coefficient (Wildman–Crippen LogP) is 3.06. The standard InChI is InChI=1S/C14H14FNO3S/c1-3-19-14(17)7-13-16-11(8-20-13)9-4-5-12(18-2)10(15)6-9/h4-6,8H,3,7H2,1-2H3. The highest BCUT2D eigenvalue weighted by atomic mass is 32.1. The van der Waals surface area contributed by atoms with Gasteiger partial charge in [-0.3, -0.25) is 4.79 Å². The van der Waals surface area contributed by atoms with Crippen LogP contribution in [0.15, 0.2) is 23.6 Å². The van der Waals surface area contributed by atoms with E-state index in [4.69, 9.17) is 9.47 Å². The van der Waals surface area contributed by atoms with Gasteiger partial charge in [-0.2, -0.15) is 0 Å². The molecule has 4 nitrogen and oxygen atoms in total. The highest BCUT2D eigenvalue weighted by molar-refractivity contribution is 7.10. The molecular formula is C14H14FNO3S. The van der Waals surface area contributed by atoms with Gasteiger partial charge >= 0.3 is 5.97 Å². The lowest BCUT2D eigenvalue weighted by Crippen LogP contribution is -2.07. The molecule has 0 unspecified atom stereocenters. The van der Waals surface area contributed by atoms with Gasteiger partial charge in [-0.25, -0.2) is 9.37 Å². The summed E-state index contributed by atoms with van der Waals surface area (Å²) in [6.07, 6.45) is 0.136. The minimum atomic E-state index is -0.440. The Morgan fingerprint density at radius 1 is 1.45 bits per heavy atom. The van der Waals surface area contributed by atoms with Crippen LogP contribution in [-0.4, -0.2) is 24.7 Å². The highest BCUT2D eigenvalue weighted by Gasteiger charge is 2.11. The Balaban J connectivity index is 2.16. The van der Waals surface area contributed by atoms with Crippen molar-refractivity contribution in [2.75, 3.05) is 13.7 Å². The number of thiazole rings is 1. The maximum absolute atomic E-state index is 13.6. The molecule has 6 heteroatoms. The minimum absolute atomic E-state index is 0.136. The minimum Gasteiger partial charge on any atom is -0.494 e. The van der Waals surface area contributed by atoms with Gasteiger partial charge in [0.2, 0.25) is 0 Å². The van der Waals surface area contributed by atoms with Crippen LogP contribution in [0.25, 0.3) is 11.3 Å². The SMILES string of the molecule is CCOC(=O)Cc1nc(-c2ccc(OC)c(F)c2)cs1. The molecule has 0 bridgehead atoms. The number of hydrogen-bond donors (Lipinski definition) is 0. The summed E-state index contributed by atoms with van der Waals surface area (Å²) in [4.78, 5) is 15.7. The Morgan fingerprint density at radius 3 is 2.90 bits per heavy atom. The Kier molecular flexibility index (Phi) is 4.68. The van der Waals surface area contributed by atoms with Crippen molar-refractivity contribution in [3.05, 3.63) is 34.4 Å². The number of carbonyl (C=O) groups is 1. The quantitative estimate of drug-likeness (QED) is 0.795. The van der Waals surface area contributed by atoms with E-state index in [0.717, 1.165) is 0 Å². The molecule has 0 aliphatic rings. The molecular weight excluding hydrogens is 281 g/mol. The third kappa shape index (κ3) is 3.33. The Hall–Kier alpha value is -1.95. The molecule has 0 spiro atoms. The predicted molar refractivity (Wildman–Crippen MR) is 74.4 cm³/mol. The van der Waals surface area contributed by atoms with Crippen LogP contribution in [0, 0.1) is 5.82 Å². The van der Waals surface area contributed by atoms with Crippen molar-refractivity contribution in [2.24, 2.45) is 0 Å². The van der Waals surface area contributed by atoms with Crippen molar-refractivity contribution in [2.45, 2.75) is 13.3 Å². The van der Waals surface area contributed by atoms with Crippen molar-refractivity contribution in [3.8, 4) is 17.0 Å². The first-order valence-electron chi connectivity index (χ1n) is 6.08. The molecule has 1 aromatic heterocycles. The molecule has 0 amide bonds. The van der Waals surface area contributed by atoms with Crippen molar-refractivity contribution >= 4 is 17.3 Å². The zero-order valence-electron chi connectivity index (χ0n) is 11.2. The number of esters is 1. The first-order chi connectivity index (χ1) is 9.63. The van der Waals surface area contributed by atoms with Crippen LogP contribution in [0.5, 0.6) is 5.75 Å². The van der Waals surface area contributed by atoms with Gasteiger partial charge < -0.3 is 9.47 Å². The van der Waals surface area contributed by atoms with Gasteiger partial charge in [0.15, 0.2) is 11.6 Å². The second kappa shape index (κ2) is 6.47. The molecule has 2 aromatic rings. The van der Waals surface area contributed by atoms with Gasteiger partial charge in [0.05, 0.1) is 25.8 Å². The van der Waals surface area contributed by atoms with Crippen molar-refractivity contribution < 1.29 is 18.7 Å². The second-order valence-electron chi connectivity index (χ2n) is 3.96. The van der Waals surface area contributed by atoms with E-state index in [1.807, 2.05) is 0 Å². The molecule has 20 heavy (non-hydrogen) atoms. The molecule has 0 fully saturated rings. The molecule has 1 heterocycles. The van der Waals surface area contributed by atoms with Crippen LogP contribution in [-0.2, 0) is 16.0 Å². The molecule has 0 N–H and O–H groups in total. The maximum Gasteiger partial charge on any atom is 0.312 e. The number of nitrogens with zero attached hydrogens (tertiary/aromatic N) is 1. The third-order valence-electron chi connectivity index (χ3n) is 2.60. The smallest absolute Gasteiger partial charge is 0.312 e. The van der Waals surface area contributed by atoms with Crippen LogP contribution in [0.1, 0.15) is 11.9 Å². The van der Waals surface area contributed by atoms with Gasteiger partial charge in [0.1, 0.15) is 5.01 Å². The average Bonchev–Trinajstić information content (AvgIpc) is 2.87. The average molecular weight is 295 g/mol. The van der Waals surface area contributed by atoms with Crippen molar-refractivity contribution in [1.29, 1.82) is 0 Å². The van der Waals surface area contributed by atoms with E-state index in [0.29, 0.717) is 22.9 Å². The van der Waals surface area contributed by atoms with E-state index < -0.39 is 5.82 Å². The van der Waals surface area contributed by atoms with Gasteiger partial charge in [-0.05, 0) is 25.1 Å². The van der Waals surface area contributed by atoms with Gasteiger partial charge in [-0.15, -0.1) is 11.3 Å². The fourth-order valence-electron chi connectivity index (χ4n) is 1.69. The number of carbonyl (C=O) groups excluding carboxylic acids is 1. The molecule has 0 saturated heterocycles. The summed E-state index contributed by atoms with van der Waals surface area (Å²) in [5, 5.41) is 2.44. The second-order valence-corrected chi connectivity index (χ2v) is 4.90. The molecule has 0 atom stereocenters. The molecule has 0 aliphatic heterocycles. The maximum atomic E-state index is 13.6. The Morgan fingerprint density at radius 2 is 2.25 bits per heavy atom. The van der Waals surface area contributed by atoms with E-state index in [1.165, 1.54) is 24.5 Å². The van der Waals surface area contributed by atoms with Crippen LogP contribution in [0.4, 0.5) is 4.39 Å². The van der Waals surface area contributed by atoms with Crippen LogP contribution in [0.3, 0.4) is 0 Å². The Labute approximate surface area is 120 Å². The fraction of sp³-hybridized carbons (Fsp3) is 0.286. The summed E-state index contributed by atoms with van der Waals surface area (Å²) in [6.45, 7) is 2.10.